The van der Waals surface area contributed by atoms with Crippen LogP contribution < -0.4 is 11.1 Å². The van der Waals surface area contributed by atoms with Gasteiger partial charge in [-0.3, -0.25) is 0 Å². The number of nitrogens with one attached hydrogen (secondary N) is 1. The number of hydrogen-bond acceptors (Lipinski definition) is 3. The first-order chi connectivity index (χ1) is 8.74. The number of nitrogens with two attached hydrogens (primary N) is 1. The molecule has 0 amide bonds. The van der Waals surface area contributed by atoms with Gasteiger partial charge in [-0.25, -0.2) is 0 Å². The standard InChI is InChI=1S/C15H31N3/c1-13(12-18-9-3-2-4-10-18)11-17-15-7-5-14(16)6-8-15/h13-15,17H,2-12,16H2,1H3. The van der Waals surface area contributed by atoms with Crippen molar-refractivity contribution in [3.05, 3.63) is 0 Å². The van der Waals surface area contributed by atoms with Crippen LogP contribution in [0, 0.1) is 5.92 Å². The summed E-state index contributed by atoms with van der Waals surface area (Å²) in [6, 6.07) is 1.20. The highest BCUT2D eigenvalue weighted by atomic mass is 15.1. The second-order valence-corrected chi connectivity index (χ2v) is 6.49. The maximum atomic E-state index is 5.94. The molecular formula is C15H31N3. The highest BCUT2D eigenvalue weighted by molar-refractivity contribution is 4.79. The number of nitrogens with zero attached hydrogens (tertiary/aromatic N) is 1. The third-order valence-electron chi connectivity index (χ3n) is 4.55. The minimum Gasteiger partial charge on any atom is -0.328 e. The van der Waals surface area contributed by atoms with Crippen molar-refractivity contribution < 1.29 is 0 Å². The molecule has 1 saturated carbocycles. The molecule has 1 unspecified atom stereocenters. The van der Waals surface area contributed by atoms with Crippen molar-refractivity contribution in [2.24, 2.45) is 11.7 Å². The monoisotopic (exact) mass is 253 g/mol. The molecule has 0 aromatic carbocycles. The highest BCUT2D eigenvalue weighted by Crippen LogP contribution is 2.17. The molecule has 2 aliphatic rings. The summed E-state index contributed by atoms with van der Waals surface area (Å²) >= 11 is 0. The smallest absolute Gasteiger partial charge is 0.00683 e. The zero-order valence-corrected chi connectivity index (χ0v) is 12.0. The minimum atomic E-state index is 0.467. The first-order valence-electron chi connectivity index (χ1n) is 7.95. The van der Waals surface area contributed by atoms with Gasteiger partial charge in [0.1, 0.15) is 0 Å². The molecule has 0 radical (unpaired) electrons. The van der Waals surface area contributed by atoms with Gasteiger partial charge in [-0.1, -0.05) is 13.3 Å². The Morgan fingerprint density at radius 2 is 1.78 bits per heavy atom. The summed E-state index contributed by atoms with van der Waals surface area (Å²) in [6.07, 6.45) is 9.21. The molecule has 3 N–H and O–H groups in total. The van der Waals surface area contributed by atoms with Gasteiger partial charge in [0.05, 0.1) is 0 Å². The molecule has 1 heterocycles. The van der Waals surface area contributed by atoms with Crippen LogP contribution in [0.5, 0.6) is 0 Å². The van der Waals surface area contributed by atoms with E-state index in [9.17, 15) is 0 Å². The summed E-state index contributed by atoms with van der Waals surface area (Å²) < 4.78 is 0. The van der Waals surface area contributed by atoms with E-state index in [1.165, 1.54) is 71.1 Å². The summed E-state index contributed by atoms with van der Waals surface area (Å²) in [5.41, 5.74) is 5.94. The summed E-state index contributed by atoms with van der Waals surface area (Å²) in [5.74, 6) is 0.777. The van der Waals surface area contributed by atoms with Gasteiger partial charge in [0.15, 0.2) is 0 Å². The zero-order valence-electron chi connectivity index (χ0n) is 12.0. The van der Waals surface area contributed by atoms with Crippen LogP contribution in [-0.4, -0.2) is 43.2 Å². The van der Waals surface area contributed by atoms with E-state index in [0.717, 1.165) is 12.0 Å². The molecule has 1 saturated heterocycles. The van der Waals surface area contributed by atoms with Crippen LogP contribution in [0.3, 0.4) is 0 Å². The van der Waals surface area contributed by atoms with Gasteiger partial charge in [-0.05, 0) is 64.1 Å². The van der Waals surface area contributed by atoms with Crippen LogP contribution in [0.4, 0.5) is 0 Å². The average Bonchev–Trinajstić information content (AvgIpc) is 2.39. The molecule has 1 atom stereocenters. The fourth-order valence-electron chi connectivity index (χ4n) is 3.34. The van der Waals surface area contributed by atoms with Gasteiger partial charge in [-0.15, -0.1) is 0 Å². The van der Waals surface area contributed by atoms with Gasteiger partial charge in [0.2, 0.25) is 0 Å². The Kier molecular flexibility index (Phi) is 5.93. The van der Waals surface area contributed by atoms with E-state index in [1.807, 2.05) is 0 Å². The predicted molar refractivity (Wildman–Crippen MR) is 77.7 cm³/mol. The maximum absolute atomic E-state index is 5.94. The SMILES string of the molecule is CC(CNC1CCC(N)CC1)CN1CCCCC1. The van der Waals surface area contributed by atoms with E-state index >= 15 is 0 Å². The lowest BCUT2D eigenvalue weighted by Crippen LogP contribution is -2.41. The van der Waals surface area contributed by atoms with Gasteiger partial charge < -0.3 is 16.0 Å². The lowest BCUT2D eigenvalue weighted by molar-refractivity contribution is 0.195. The Morgan fingerprint density at radius 1 is 1.11 bits per heavy atom. The van der Waals surface area contributed by atoms with Crippen LogP contribution in [0.1, 0.15) is 51.9 Å². The van der Waals surface area contributed by atoms with Gasteiger partial charge in [0, 0.05) is 18.6 Å². The molecule has 0 bridgehead atoms. The first-order valence-corrected chi connectivity index (χ1v) is 7.95. The Morgan fingerprint density at radius 3 is 2.44 bits per heavy atom. The van der Waals surface area contributed by atoms with E-state index in [0.29, 0.717) is 6.04 Å². The van der Waals surface area contributed by atoms with Crippen LogP contribution in [0.2, 0.25) is 0 Å². The molecule has 0 spiro atoms. The molecule has 2 fully saturated rings. The van der Waals surface area contributed by atoms with Crippen LogP contribution in [0.25, 0.3) is 0 Å². The Hall–Kier alpha value is -0.120. The van der Waals surface area contributed by atoms with E-state index in [4.69, 9.17) is 5.73 Å². The Balaban J connectivity index is 1.57. The third kappa shape index (κ3) is 4.87. The minimum absolute atomic E-state index is 0.467. The zero-order chi connectivity index (χ0) is 12.8. The molecule has 2 rings (SSSR count). The largest absolute Gasteiger partial charge is 0.328 e. The van der Waals surface area contributed by atoms with Crippen molar-refractivity contribution in [2.75, 3.05) is 26.2 Å². The first kappa shape index (κ1) is 14.3. The van der Waals surface area contributed by atoms with E-state index in [2.05, 4.69) is 17.1 Å². The summed E-state index contributed by atoms with van der Waals surface area (Å²) in [5, 5.41) is 3.75. The van der Waals surface area contributed by atoms with E-state index < -0.39 is 0 Å². The molecular weight excluding hydrogens is 222 g/mol. The molecule has 3 heteroatoms. The van der Waals surface area contributed by atoms with Gasteiger partial charge >= 0.3 is 0 Å². The quantitative estimate of drug-likeness (QED) is 0.787. The normalized spacial score (nSPS) is 32.3. The summed E-state index contributed by atoms with van der Waals surface area (Å²) in [4.78, 5) is 2.65. The van der Waals surface area contributed by atoms with Crippen molar-refractivity contribution in [2.45, 2.75) is 64.0 Å². The molecule has 0 aromatic heterocycles. The summed E-state index contributed by atoms with van der Waals surface area (Å²) in [7, 11) is 0. The van der Waals surface area contributed by atoms with Crippen LogP contribution in [-0.2, 0) is 0 Å². The van der Waals surface area contributed by atoms with Gasteiger partial charge in [0.25, 0.3) is 0 Å². The molecule has 1 aliphatic carbocycles. The number of rotatable bonds is 5. The molecule has 18 heavy (non-hydrogen) atoms. The van der Waals surface area contributed by atoms with Crippen molar-refractivity contribution >= 4 is 0 Å². The molecule has 0 aromatic rings. The second-order valence-electron chi connectivity index (χ2n) is 6.49. The van der Waals surface area contributed by atoms with Crippen LogP contribution >= 0.6 is 0 Å². The van der Waals surface area contributed by atoms with Crippen molar-refractivity contribution in [1.82, 2.24) is 10.2 Å². The number of hydrogen-bond donors (Lipinski definition) is 2. The highest BCUT2D eigenvalue weighted by Gasteiger charge is 2.19. The Labute approximate surface area is 112 Å². The van der Waals surface area contributed by atoms with Crippen molar-refractivity contribution in [1.29, 1.82) is 0 Å². The third-order valence-corrected chi connectivity index (χ3v) is 4.55. The fraction of sp³-hybridized carbons (Fsp3) is 1.00. The second kappa shape index (κ2) is 7.46. The number of likely N-dealkylation sites (tertiary alicyclic amines) is 1. The maximum Gasteiger partial charge on any atom is 0.00683 e. The topological polar surface area (TPSA) is 41.3 Å². The predicted octanol–water partition coefficient (Wildman–Crippen LogP) is 1.97. The number of piperidine rings is 1. The molecule has 106 valence electrons. The molecule has 3 nitrogen and oxygen atoms in total. The fourth-order valence-corrected chi connectivity index (χ4v) is 3.34. The van der Waals surface area contributed by atoms with E-state index in [1.54, 1.807) is 0 Å². The Bertz CT molecular complexity index is 218. The average molecular weight is 253 g/mol. The lowest BCUT2D eigenvalue weighted by Gasteiger charge is -2.31. The lowest BCUT2D eigenvalue weighted by atomic mass is 9.91. The van der Waals surface area contributed by atoms with Crippen LogP contribution in [0.15, 0.2) is 0 Å². The van der Waals surface area contributed by atoms with Crippen molar-refractivity contribution in [3.63, 3.8) is 0 Å². The van der Waals surface area contributed by atoms with Crippen molar-refractivity contribution in [3.8, 4) is 0 Å². The molecule has 1 aliphatic heterocycles. The summed E-state index contributed by atoms with van der Waals surface area (Å²) in [6.45, 7) is 7.48. The van der Waals surface area contributed by atoms with E-state index in [-0.39, 0.29) is 0 Å². The van der Waals surface area contributed by atoms with Gasteiger partial charge in [-0.2, -0.15) is 0 Å².